The first-order valence-corrected chi connectivity index (χ1v) is 12.6. The summed E-state index contributed by atoms with van der Waals surface area (Å²) in [7, 11) is 0. The van der Waals surface area contributed by atoms with E-state index in [-0.39, 0.29) is 17.6 Å². The summed E-state index contributed by atoms with van der Waals surface area (Å²) in [6, 6.07) is 30.0. The number of carbonyl (C=O) groups excluding carboxylic acids is 1. The molecule has 2 atom stereocenters. The molecule has 1 nitrogen and oxygen atoms in total. The third-order valence-corrected chi connectivity index (χ3v) is 6.63. The molecule has 0 radical (unpaired) electrons. The molecule has 0 saturated heterocycles. The smallest absolute Gasteiger partial charge is 0.178 e. The Kier molecular flexibility index (Phi) is 8.09. The number of ketones is 1. The molecule has 172 valence electrons. The van der Waals surface area contributed by atoms with Crippen LogP contribution in [0.15, 0.2) is 109 Å². The van der Waals surface area contributed by atoms with Gasteiger partial charge in [-0.2, -0.15) is 0 Å². The Bertz CT molecular complexity index is 1200. The summed E-state index contributed by atoms with van der Waals surface area (Å²) in [5.41, 5.74) is 2.60. The molecule has 0 aliphatic rings. The van der Waals surface area contributed by atoms with Gasteiger partial charge in [0.15, 0.2) is 5.78 Å². The first kappa shape index (κ1) is 23.7. The minimum Gasteiger partial charge on any atom is -0.290 e. The lowest BCUT2D eigenvalue weighted by Gasteiger charge is -2.15. The van der Waals surface area contributed by atoms with Gasteiger partial charge in [-0.15, -0.1) is 0 Å². The maximum atomic E-state index is 12.9. The van der Waals surface area contributed by atoms with E-state index >= 15 is 0 Å². The molecule has 0 aromatic heterocycles. The Morgan fingerprint density at radius 1 is 0.618 bits per heavy atom. The van der Waals surface area contributed by atoms with Crippen molar-refractivity contribution >= 4 is 27.3 Å². The molecule has 4 aromatic carbocycles. The van der Waals surface area contributed by atoms with E-state index in [9.17, 15) is 4.79 Å². The molecular weight excluding hydrogens is 412 g/mol. The van der Waals surface area contributed by atoms with E-state index in [0.717, 1.165) is 25.7 Å². The molecule has 0 aliphatic heterocycles. The molecule has 2 unspecified atom stereocenters. The van der Waals surface area contributed by atoms with Crippen molar-refractivity contribution in [1.29, 1.82) is 0 Å². The van der Waals surface area contributed by atoms with Gasteiger partial charge in [0.05, 0.1) is 0 Å². The average molecular weight is 447 g/mol. The monoisotopic (exact) mass is 446 g/mol. The standard InChI is InChI=1S/C33H34O/c1-3-11-25(32-19-9-15-27-13-5-7-17-30(27)32)21-23-29(34)24-22-26(12-4-2)33-20-10-16-28-14-6-8-18-31(28)33/h5-10,13-26H,3-4,11-12H2,1-2H3. The summed E-state index contributed by atoms with van der Waals surface area (Å²) in [4.78, 5) is 12.9. The van der Waals surface area contributed by atoms with Crippen LogP contribution in [0.5, 0.6) is 0 Å². The number of fused-ring (bicyclic) bond motifs is 2. The zero-order valence-corrected chi connectivity index (χ0v) is 20.3. The van der Waals surface area contributed by atoms with Crippen molar-refractivity contribution in [2.75, 3.05) is 0 Å². The second kappa shape index (κ2) is 11.6. The van der Waals surface area contributed by atoms with Crippen molar-refractivity contribution < 1.29 is 4.79 Å². The van der Waals surface area contributed by atoms with Crippen LogP contribution in [0.2, 0.25) is 0 Å². The van der Waals surface area contributed by atoms with Crippen molar-refractivity contribution in [3.63, 3.8) is 0 Å². The van der Waals surface area contributed by atoms with Crippen LogP contribution < -0.4 is 0 Å². The lowest BCUT2D eigenvalue weighted by Crippen LogP contribution is -1.99. The fourth-order valence-corrected chi connectivity index (χ4v) is 4.96. The third kappa shape index (κ3) is 5.54. The first-order chi connectivity index (χ1) is 16.7. The van der Waals surface area contributed by atoms with Gasteiger partial charge in [-0.3, -0.25) is 4.79 Å². The summed E-state index contributed by atoms with van der Waals surface area (Å²) in [5.74, 6) is 0.526. The molecular formula is C33H34O. The highest BCUT2D eigenvalue weighted by molar-refractivity contribution is 5.99. The van der Waals surface area contributed by atoms with E-state index in [1.54, 1.807) is 12.2 Å². The van der Waals surface area contributed by atoms with Crippen molar-refractivity contribution in [1.82, 2.24) is 0 Å². The first-order valence-electron chi connectivity index (χ1n) is 12.6. The molecule has 0 heterocycles. The normalized spacial score (nSPS) is 13.7. The summed E-state index contributed by atoms with van der Waals surface area (Å²) in [6.45, 7) is 4.40. The van der Waals surface area contributed by atoms with Crippen LogP contribution in [0.4, 0.5) is 0 Å². The van der Waals surface area contributed by atoms with Crippen molar-refractivity contribution in [2.45, 2.75) is 51.4 Å². The highest BCUT2D eigenvalue weighted by Crippen LogP contribution is 2.31. The second-order valence-corrected chi connectivity index (χ2v) is 9.05. The van der Waals surface area contributed by atoms with Gasteiger partial charge in [-0.05, 0) is 57.7 Å². The SMILES string of the molecule is CCCC(C=CC(=O)C=CC(CCC)c1cccc2ccccc12)c1cccc2ccccc12. The van der Waals surface area contributed by atoms with Gasteiger partial charge in [-0.1, -0.05) is 124 Å². The highest BCUT2D eigenvalue weighted by Gasteiger charge is 2.13. The van der Waals surface area contributed by atoms with E-state index in [2.05, 4.69) is 111 Å². The summed E-state index contributed by atoms with van der Waals surface area (Å²) in [6.07, 6.45) is 11.9. The van der Waals surface area contributed by atoms with Gasteiger partial charge < -0.3 is 0 Å². The van der Waals surface area contributed by atoms with Crippen LogP contribution in [0.1, 0.15) is 62.5 Å². The Morgan fingerprint density at radius 3 is 1.47 bits per heavy atom. The molecule has 0 N–H and O–H groups in total. The number of rotatable bonds is 10. The molecule has 4 rings (SSSR count). The topological polar surface area (TPSA) is 17.1 Å². The minimum absolute atomic E-state index is 0.0580. The summed E-state index contributed by atoms with van der Waals surface area (Å²) >= 11 is 0. The molecule has 0 fully saturated rings. The molecule has 1 heteroatoms. The molecule has 0 amide bonds. The fraction of sp³-hybridized carbons (Fsp3) is 0.242. The van der Waals surface area contributed by atoms with Crippen molar-refractivity contribution in [3.8, 4) is 0 Å². The van der Waals surface area contributed by atoms with Gasteiger partial charge in [0, 0.05) is 11.8 Å². The largest absolute Gasteiger partial charge is 0.290 e. The Balaban J connectivity index is 1.56. The average Bonchev–Trinajstić information content (AvgIpc) is 2.88. The van der Waals surface area contributed by atoms with Crippen molar-refractivity contribution in [3.05, 3.63) is 120 Å². The van der Waals surface area contributed by atoms with Crippen LogP contribution in [0, 0.1) is 0 Å². The van der Waals surface area contributed by atoms with Crippen LogP contribution in [0.3, 0.4) is 0 Å². The van der Waals surface area contributed by atoms with E-state index < -0.39 is 0 Å². The van der Waals surface area contributed by atoms with E-state index in [4.69, 9.17) is 0 Å². The predicted molar refractivity (Wildman–Crippen MR) is 146 cm³/mol. The van der Waals surface area contributed by atoms with Crippen LogP contribution in [0.25, 0.3) is 21.5 Å². The van der Waals surface area contributed by atoms with Gasteiger partial charge in [-0.25, -0.2) is 0 Å². The molecule has 0 spiro atoms. The molecule has 34 heavy (non-hydrogen) atoms. The van der Waals surface area contributed by atoms with Gasteiger partial charge in [0.25, 0.3) is 0 Å². The Hall–Kier alpha value is -3.45. The third-order valence-electron chi connectivity index (χ3n) is 6.63. The Morgan fingerprint density at radius 2 is 1.03 bits per heavy atom. The molecule has 4 aromatic rings. The fourth-order valence-electron chi connectivity index (χ4n) is 4.96. The number of carbonyl (C=O) groups is 1. The zero-order valence-electron chi connectivity index (χ0n) is 20.3. The maximum absolute atomic E-state index is 12.9. The summed E-state index contributed by atoms with van der Waals surface area (Å²) in [5, 5.41) is 5.04. The predicted octanol–water partition coefficient (Wildman–Crippen LogP) is 9.14. The van der Waals surface area contributed by atoms with Crippen LogP contribution in [-0.2, 0) is 4.79 Å². The van der Waals surface area contributed by atoms with Crippen LogP contribution >= 0.6 is 0 Å². The molecule has 0 saturated carbocycles. The Labute approximate surface area is 203 Å². The molecule has 0 aliphatic carbocycles. The number of allylic oxidation sites excluding steroid dienone is 4. The zero-order chi connectivity index (χ0) is 23.8. The number of benzene rings is 4. The summed E-state index contributed by atoms with van der Waals surface area (Å²) < 4.78 is 0. The van der Waals surface area contributed by atoms with E-state index in [0.29, 0.717) is 0 Å². The second-order valence-electron chi connectivity index (χ2n) is 9.05. The van der Waals surface area contributed by atoms with Gasteiger partial charge in [0.1, 0.15) is 0 Å². The number of hydrogen-bond acceptors (Lipinski definition) is 1. The minimum atomic E-state index is 0.0580. The quantitative estimate of drug-likeness (QED) is 0.222. The lowest BCUT2D eigenvalue weighted by atomic mass is 9.89. The van der Waals surface area contributed by atoms with E-state index in [1.807, 2.05) is 0 Å². The van der Waals surface area contributed by atoms with Gasteiger partial charge in [0.2, 0.25) is 0 Å². The number of hydrogen-bond donors (Lipinski definition) is 0. The van der Waals surface area contributed by atoms with Gasteiger partial charge >= 0.3 is 0 Å². The molecule has 0 bridgehead atoms. The maximum Gasteiger partial charge on any atom is 0.178 e. The van der Waals surface area contributed by atoms with E-state index in [1.165, 1.54) is 32.7 Å². The van der Waals surface area contributed by atoms with Crippen molar-refractivity contribution in [2.24, 2.45) is 0 Å². The highest BCUT2D eigenvalue weighted by atomic mass is 16.1. The lowest BCUT2D eigenvalue weighted by molar-refractivity contribution is -0.110. The van der Waals surface area contributed by atoms with Crippen LogP contribution in [-0.4, -0.2) is 5.78 Å².